The van der Waals surface area contributed by atoms with Gasteiger partial charge in [-0.1, -0.05) is 12.1 Å². The Bertz CT molecular complexity index is 282. The van der Waals surface area contributed by atoms with E-state index in [4.69, 9.17) is 9.84 Å². The van der Waals surface area contributed by atoms with Crippen LogP contribution in [0.1, 0.15) is 25.8 Å². The van der Waals surface area contributed by atoms with Crippen molar-refractivity contribution in [3.05, 3.63) is 29.8 Å². The normalized spacial score (nSPS) is 10.8. The van der Waals surface area contributed by atoms with Crippen molar-refractivity contribution in [3.8, 4) is 5.75 Å². The molecule has 0 spiro atoms. The summed E-state index contributed by atoms with van der Waals surface area (Å²) in [4.78, 5) is 0. The van der Waals surface area contributed by atoms with Crippen LogP contribution in [-0.2, 0) is 6.54 Å². The van der Waals surface area contributed by atoms with Crippen LogP contribution in [-0.4, -0.2) is 24.4 Å². The molecule has 0 radical (unpaired) electrons. The fourth-order valence-electron chi connectivity index (χ4n) is 1.39. The first kappa shape index (κ1) is 13.0. The molecule has 0 bridgehead atoms. The van der Waals surface area contributed by atoms with Crippen molar-refractivity contribution in [2.45, 2.75) is 32.9 Å². The smallest absolute Gasteiger partial charge is 0.119 e. The largest absolute Gasteiger partial charge is 0.491 e. The van der Waals surface area contributed by atoms with E-state index in [1.54, 1.807) is 0 Å². The van der Waals surface area contributed by atoms with Crippen LogP contribution < -0.4 is 10.1 Å². The molecule has 0 aliphatic rings. The molecule has 3 nitrogen and oxygen atoms in total. The van der Waals surface area contributed by atoms with E-state index in [2.05, 4.69) is 17.4 Å². The second-order valence-corrected chi connectivity index (χ2v) is 4.06. The molecular formula is C13H21NO2. The van der Waals surface area contributed by atoms with Crippen molar-refractivity contribution >= 4 is 0 Å². The van der Waals surface area contributed by atoms with Gasteiger partial charge in [-0.15, -0.1) is 0 Å². The third-order valence-corrected chi connectivity index (χ3v) is 2.14. The Morgan fingerprint density at radius 2 is 1.94 bits per heavy atom. The van der Waals surface area contributed by atoms with Gasteiger partial charge in [-0.2, -0.15) is 0 Å². The second kappa shape index (κ2) is 7.25. The van der Waals surface area contributed by atoms with Crippen LogP contribution in [0, 0.1) is 0 Å². The fourth-order valence-corrected chi connectivity index (χ4v) is 1.39. The van der Waals surface area contributed by atoms with Gasteiger partial charge in [0.1, 0.15) is 5.75 Å². The lowest BCUT2D eigenvalue weighted by molar-refractivity contribution is 0.242. The van der Waals surface area contributed by atoms with E-state index >= 15 is 0 Å². The molecule has 0 aromatic heterocycles. The van der Waals surface area contributed by atoms with Crippen molar-refractivity contribution < 1.29 is 9.84 Å². The van der Waals surface area contributed by atoms with E-state index in [0.717, 1.165) is 25.3 Å². The molecule has 0 aliphatic carbocycles. The molecule has 0 aliphatic heterocycles. The summed E-state index contributed by atoms with van der Waals surface area (Å²) in [6.45, 7) is 5.96. The molecule has 1 aromatic rings. The molecule has 0 unspecified atom stereocenters. The minimum atomic E-state index is 0.216. The standard InChI is InChI=1S/C13H21NO2/c1-11(2)16-13-6-4-12(5-7-13)10-14-8-3-9-15/h4-7,11,14-15H,3,8-10H2,1-2H3. The summed E-state index contributed by atoms with van der Waals surface area (Å²) in [6.07, 6.45) is 1.02. The molecule has 3 heteroatoms. The first-order valence-corrected chi connectivity index (χ1v) is 5.79. The van der Waals surface area contributed by atoms with Gasteiger partial charge in [0.05, 0.1) is 6.10 Å². The maximum absolute atomic E-state index is 8.63. The molecule has 0 atom stereocenters. The maximum atomic E-state index is 8.63. The number of benzene rings is 1. The number of hydrogen-bond acceptors (Lipinski definition) is 3. The van der Waals surface area contributed by atoms with Crippen LogP contribution >= 0.6 is 0 Å². The third kappa shape index (κ3) is 5.14. The highest BCUT2D eigenvalue weighted by atomic mass is 16.5. The van der Waals surface area contributed by atoms with Gasteiger partial charge in [0, 0.05) is 13.2 Å². The number of rotatable bonds is 7. The van der Waals surface area contributed by atoms with Crippen molar-refractivity contribution in [2.24, 2.45) is 0 Å². The zero-order valence-corrected chi connectivity index (χ0v) is 10.1. The minimum absolute atomic E-state index is 0.216. The number of ether oxygens (including phenoxy) is 1. The number of nitrogens with one attached hydrogen (secondary N) is 1. The summed E-state index contributed by atoms with van der Waals surface area (Å²) in [6, 6.07) is 8.10. The SMILES string of the molecule is CC(C)Oc1ccc(CNCCCO)cc1. The van der Waals surface area contributed by atoms with Gasteiger partial charge in [-0.05, 0) is 44.5 Å². The third-order valence-electron chi connectivity index (χ3n) is 2.14. The lowest BCUT2D eigenvalue weighted by Crippen LogP contribution is -2.15. The molecule has 2 N–H and O–H groups in total. The van der Waals surface area contributed by atoms with Crippen molar-refractivity contribution in [2.75, 3.05) is 13.2 Å². The van der Waals surface area contributed by atoms with Gasteiger partial charge >= 0.3 is 0 Å². The Morgan fingerprint density at radius 1 is 1.25 bits per heavy atom. The predicted octanol–water partition coefficient (Wildman–Crippen LogP) is 1.95. The summed E-state index contributed by atoms with van der Waals surface area (Å²) in [5.41, 5.74) is 1.23. The zero-order valence-electron chi connectivity index (χ0n) is 10.1. The first-order chi connectivity index (χ1) is 7.72. The van der Waals surface area contributed by atoms with Gasteiger partial charge in [-0.25, -0.2) is 0 Å². The van der Waals surface area contributed by atoms with Gasteiger partial charge in [-0.3, -0.25) is 0 Å². The molecule has 1 aromatic carbocycles. The Labute approximate surface area is 97.4 Å². The Morgan fingerprint density at radius 3 is 2.50 bits per heavy atom. The maximum Gasteiger partial charge on any atom is 0.119 e. The molecule has 90 valence electrons. The number of aliphatic hydroxyl groups is 1. The summed E-state index contributed by atoms with van der Waals surface area (Å²) >= 11 is 0. The van der Waals surface area contributed by atoms with Gasteiger partial charge in [0.15, 0.2) is 0 Å². The first-order valence-electron chi connectivity index (χ1n) is 5.79. The van der Waals surface area contributed by atoms with Gasteiger partial charge in [0.25, 0.3) is 0 Å². The van der Waals surface area contributed by atoms with Gasteiger partial charge < -0.3 is 15.2 Å². The van der Waals surface area contributed by atoms with Crippen LogP contribution in [0.3, 0.4) is 0 Å². The monoisotopic (exact) mass is 223 g/mol. The van der Waals surface area contributed by atoms with E-state index in [9.17, 15) is 0 Å². The highest BCUT2D eigenvalue weighted by Crippen LogP contribution is 2.13. The van der Waals surface area contributed by atoms with E-state index in [1.165, 1.54) is 5.56 Å². The molecule has 0 amide bonds. The second-order valence-electron chi connectivity index (χ2n) is 4.06. The lowest BCUT2D eigenvalue weighted by atomic mass is 10.2. The Kier molecular flexibility index (Phi) is 5.90. The van der Waals surface area contributed by atoms with Crippen LogP contribution in [0.2, 0.25) is 0 Å². The van der Waals surface area contributed by atoms with E-state index in [0.29, 0.717) is 0 Å². The molecular weight excluding hydrogens is 202 g/mol. The summed E-state index contributed by atoms with van der Waals surface area (Å²) in [7, 11) is 0. The summed E-state index contributed by atoms with van der Waals surface area (Å²) < 4.78 is 5.56. The molecule has 0 fully saturated rings. The van der Waals surface area contributed by atoms with E-state index in [1.807, 2.05) is 26.0 Å². The Hall–Kier alpha value is -1.06. The summed E-state index contributed by atoms with van der Waals surface area (Å²) in [5.74, 6) is 0.911. The van der Waals surface area contributed by atoms with Crippen LogP contribution in [0.5, 0.6) is 5.75 Å². The highest BCUT2D eigenvalue weighted by Gasteiger charge is 1.97. The number of hydrogen-bond donors (Lipinski definition) is 2. The number of aliphatic hydroxyl groups excluding tert-OH is 1. The predicted molar refractivity (Wildman–Crippen MR) is 65.6 cm³/mol. The quantitative estimate of drug-likeness (QED) is 0.694. The van der Waals surface area contributed by atoms with Crippen LogP contribution in [0.25, 0.3) is 0 Å². The molecule has 16 heavy (non-hydrogen) atoms. The van der Waals surface area contributed by atoms with E-state index in [-0.39, 0.29) is 12.7 Å². The average molecular weight is 223 g/mol. The minimum Gasteiger partial charge on any atom is -0.491 e. The highest BCUT2D eigenvalue weighted by molar-refractivity contribution is 5.27. The van der Waals surface area contributed by atoms with Crippen LogP contribution in [0.15, 0.2) is 24.3 Å². The van der Waals surface area contributed by atoms with E-state index < -0.39 is 0 Å². The average Bonchev–Trinajstić information content (AvgIpc) is 2.26. The molecule has 0 heterocycles. The Balaban J connectivity index is 2.33. The van der Waals surface area contributed by atoms with Crippen LogP contribution in [0.4, 0.5) is 0 Å². The molecule has 1 rings (SSSR count). The molecule has 0 saturated heterocycles. The lowest BCUT2D eigenvalue weighted by Gasteiger charge is -2.10. The van der Waals surface area contributed by atoms with Gasteiger partial charge in [0.2, 0.25) is 0 Å². The molecule has 0 saturated carbocycles. The fraction of sp³-hybridized carbons (Fsp3) is 0.538. The zero-order chi connectivity index (χ0) is 11.8. The topological polar surface area (TPSA) is 41.5 Å². The van der Waals surface area contributed by atoms with Crippen molar-refractivity contribution in [1.29, 1.82) is 0 Å². The van der Waals surface area contributed by atoms with Crippen molar-refractivity contribution in [3.63, 3.8) is 0 Å². The van der Waals surface area contributed by atoms with Crippen molar-refractivity contribution in [1.82, 2.24) is 5.32 Å². The summed E-state index contributed by atoms with van der Waals surface area (Å²) in [5, 5.41) is 11.9.